The Morgan fingerprint density at radius 2 is 1.61 bits per heavy atom. The Labute approximate surface area is 221 Å². The van der Waals surface area contributed by atoms with Gasteiger partial charge in [0, 0.05) is 22.1 Å². The highest BCUT2D eigenvalue weighted by atomic mass is 19.1. The molecule has 192 valence electrons. The highest BCUT2D eigenvalue weighted by molar-refractivity contribution is 5.91. The lowest BCUT2D eigenvalue weighted by Crippen LogP contribution is -2.09. The second kappa shape index (κ2) is 11.3. The first kappa shape index (κ1) is 25.3. The molecule has 0 amide bonds. The van der Waals surface area contributed by atoms with Crippen LogP contribution in [0.4, 0.5) is 4.39 Å². The van der Waals surface area contributed by atoms with Crippen molar-refractivity contribution in [1.82, 2.24) is 0 Å². The van der Waals surface area contributed by atoms with Gasteiger partial charge < -0.3 is 13.9 Å². The number of rotatable bonds is 9. The van der Waals surface area contributed by atoms with Crippen molar-refractivity contribution in [2.24, 2.45) is 0 Å². The van der Waals surface area contributed by atoms with Crippen LogP contribution >= 0.6 is 0 Å². The maximum absolute atomic E-state index is 13.7. The fraction of sp³-hybridized carbons (Fsp3) is 0.182. The van der Waals surface area contributed by atoms with Crippen molar-refractivity contribution in [3.63, 3.8) is 0 Å². The Bertz CT molecular complexity index is 1570. The molecule has 0 unspecified atom stereocenters. The van der Waals surface area contributed by atoms with E-state index in [0.717, 1.165) is 45.2 Å². The molecule has 0 bridgehead atoms. The molecule has 0 saturated heterocycles. The molecule has 0 N–H and O–H groups in total. The number of carbonyl (C=O) groups excluding carboxylic acids is 1. The van der Waals surface area contributed by atoms with E-state index in [0.29, 0.717) is 18.1 Å². The number of halogens is 1. The normalized spacial score (nSPS) is 11.0. The van der Waals surface area contributed by atoms with Crippen LogP contribution in [0.1, 0.15) is 30.5 Å². The second-order valence-corrected chi connectivity index (χ2v) is 9.06. The lowest BCUT2D eigenvalue weighted by molar-refractivity contribution is -0.142. The van der Waals surface area contributed by atoms with Gasteiger partial charge in [-0.15, -0.1) is 0 Å². The molecule has 0 aliphatic carbocycles. The zero-order valence-electron chi connectivity index (χ0n) is 21.5. The Morgan fingerprint density at radius 3 is 2.39 bits per heavy atom. The van der Waals surface area contributed by atoms with E-state index in [-0.39, 0.29) is 24.8 Å². The van der Waals surface area contributed by atoms with E-state index in [1.165, 1.54) is 17.7 Å². The van der Waals surface area contributed by atoms with E-state index in [1.54, 1.807) is 19.1 Å². The van der Waals surface area contributed by atoms with Crippen molar-refractivity contribution < 1.29 is 23.1 Å². The molecule has 38 heavy (non-hydrogen) atoms. The Morgan fingerprint density at radius 1 is 0.842 bits per heavy atom. The molecule has 0 radical (unpaired) electrons. The Kier molecular flexibility index (Phi) is 7.55. The third-order valence-electron chi connectivity index (χ3n) is 6.55. The number of furan rings is 1. The van der Waals surface area contributed by atoms with Gasteiger partial charge in [0.25, 0.3) is 0 Å². The number of aryl methyl sites for hydroxylation is 1. The van der Waals surface area contributed by atoms with Gasteiger partial charge in [-0.1, -0.05) is 55.5 Å². The number of carbonyl (C=O) groups is 1. The first-order valence-electron chi connectivity index (χ1n) is 12.8. The smallest absolute Gasteiger partial charge is 0.310 e. The van der Waals surface area contributed by atoms with Crippen LogP contribution in [-0.2, 0) is 29.0 Å². The fourth-order valence-electron chi connectivity index (χ4n) is 4.58. The van der Waals surface area contributed by atoms with Crippen LogP contribution in [0.5, 0.6) is 5.75 Å². The van der Waals surface area contributed by atoms with Crippen molar-refractivity contribution in [3.05, 3.63) is 114 Å². The van der Waals surface area contributed by atoms with E-state index >= 15 is 0 Å². The van der Waals surface area contributed by atoms with Gasteiger partial charge in [0.1, 0.15) is 29.5 Å². The molecular weight excluding hydrogens is 479 g/mol. The minimum absolute atomic E-state index is 0.124. The van der Waals surface area contributed by atoms with Gasteiger partial charge in [-0.3, -0.25) is 4.79 Å². The largest absolute Gasteiger partial charge is 0.488 e. The molecule has 0 atom stereocenters. The first-order chi connectivity index (χ1) is 18.6. The first-order valence-corrected chi connectivity index (χ1v) is 12.8. The van der Waals surface area contributed by atoms with Gasteiger partial charge >= 0.3 is 5.97 Å². The number of esters is 1. The zero-order valence-corrected chi connectivity index (χ0v) is 21.5. The Balaban J connectivity index is 1.56. The zero-order chi connectivity index (χ0) is 26.5. The molecule has 0 aliphatic heterocycles. The number of hydrogen-bond acceptors (Lipinski definition) is 4. The molecule has 1 aromatic heterocycles. The van der Waals surface area contributed by atoms with Crippen LogP contribution in [0.15, 0.2) is 95.4 Å². The maximum Gasteiger partial charge on any atom is 0.310 e. The monoisotopic (exact) mass is 508 g/mol. The van der Waals surface area contributed by atoms with Gasteiger partial charge in [0.2, 0.25) is 0 Å². The standard InChI is InChI=1S/C33H29FO4/c1-3-22-8-7-10-24(18-22)25-14-17-31-28(19-25)29(33(38-31)23-12-15-27(34)16-13-23)21-37-30-11-6-5-9-26(30)20-32(35)36-4-2/h5-19H,3-4,20-21H2,1-2H3. The summed E-state index contributed by atoms with van der Waals surface area (Å²) < 4.78 is 31.4. The topological polar surface area (TPSA) is 48.7 Å². The molecule has 5 rings (SSSR count). The average molecular weight is 509 g/mol. The summed E-state index contributed by atoms with van der Waals surface area (Å²) in [6.07, 6.45) is 1.08. The lowest BCUT2D eigenvalue weighted by Gasteiger charge is -2.12. The van der Waals surface area contributed by atoms with Crippen LogP contribution in [0, 0.1) is 5.82 Å². The Hall–Kier alpha value is -4.38. The summed E-state index contributed by atoms with van der Waals surface area (Å²) in [7, 11) is 0. The van der Waals surface area contributed by atoms with Crippen molar-refractivity contribution >= 4 is 16.9 Å². The molecule has 1 heterocycles. The highest BCUT2D eigenvalue weighted by Crippen LogP contribution is 2.37. The summed E-state index contributed by atoms with van der Waals surface area (Å²) in [6, 6.07) is 28.3. The number of fused-ring (bicyclic) bond motifs is 1. The molecule has 4 aromatic carbocycles. The van der Waals surface area contributed by atoms with Crippen LogP contribution in [-0.4, -0.2) is 12.6 Å². The lowest BCUT2D eigenvalue weighted by atomic mass is 9.99. The van der Waals surface area contributed by atoms with Gasteiger partial charge in [-0.25, -0.2) is 4.39 Å². The SMILES string of the molecule is CCOC(=O)Cc1ccccc1OCc1c(-c2ccc(F)cc2)oc2ccc(-c3cccc(CC)c3)cc12. The fourth-order valence-corrected chi connectivity index (χ4v) is 4.58. The summed E-state index contributed by atoms with van der Waals surface area (Å²) >= 11 is 0. The minimum atomic E-state index is -0.311. The molecule has 0 fully saturated rings. The van der Waals surface area contributed by atoms with Crippen LogP contribution in [0.3, 0.4) is 0 Å². The molecule has 5 heteroatoms. The predicted octanol–water partition coefficient (Wildman–Crippen LogP) is 8.15. The van der Waals surface area contributed by atoms with Crippen molar-refractivity contribution in [2.45, 2.75) is 33.3 Å². The predicted molar refractivity (Wildman–Crippen MR) is 148 cm³/mol. The van der Waals surface area contributed by atoms with E-state index < -0.39 is 0 Å². The molecule has 4 nitrogen and oxygen atoms in total. The van der Waals surface area contributed by atoms with Gasteiger partial charge in [-0.2, -0.15) is 0 Å². The second-order valence-electron chi connectivity index (χ2n) is 9.06. The molecule has 5 aromatic rings. The van der Waals surface area contributed by atoms with E-state index in [1.807, 2.05) is 36.4 Å². The van der Waals surface area contributed by atoms with Crippen LogP contribution in [0.2, 0.25) is 0 Å². The van der Waals surface area contributed by atoms with Crippen molar-refractivity contribution in [3.8, 4) is 28.2 Å². The summed E-state index contributed by atoms with van der Waals surface area (Å²) in [4.78, 5) is 12.1. The number of hydrogen-bond donors (Lipinski definition) is 0. The van der Waals surface area contributed by atoms with Gasteiger partial charge in [-0.05, 0) is 72.5 Å². The number of para-hydroxylation sites is 1. The summed E-state index contributed by atoms with van der Waals surface area (Å²) in [5, 5.41) is 0.923. The van der Waals surface area contributed by atoms with Crippen molar-refractivity contribution in [2.75, 3.05) is 6.61 Å². The maximum atomic E-state index is 13.7. The van der Waals surface area contributed by atoms with Crippen molar-refractivity contribution in [1.29, 1.82) is 0 Å². The van der Waals surface area contributed by atoms with Gasteiger partial charge in [0.05, 0.1) is 13.0 Å². The number of ether oxygens (including phenoxy) is 2. The molecule has 0 spiro atoms. The highest BCUT2D eigenvalue weighted by Gasteiger charge is 2.19. The summed E-state index contributed by atoms with van der Waals surface area (Å²) in [5.41, 5.74) is 6.55. The van der Waals surface area contributed by atoms with E-state index in [9.17, 15) is 9.18 Å². The third kappa shape index (κ3) is 5.47. The number of benzene rings is 4. The van der Waals surface area contributed by atoms with Crippen LogP contribution in [0.25, 0.3) is 33.4 Å². The molecule has 0 saturated carbocycles. The van der Waals surface area contributed by atoms with Gasteiger partial charge in [0.15, 0.2) is 0 Å². The third-order valence-corrected chi connectivity index (χ3v) is 6.55. The molecular formula is C33H29FO4. The van der Waals surface area contributed by atoms with E-state index in [4.69, 9.17) is 13.9 Å². The van der Waals surface area contributed by atoms with E-state index in [2.05, 4.69) is 37.3 Å². The minimum Gasteiger partial charge on any atom is -0.488 e. The average Bonchev–Trinajstić information content (AvgIpc) is 3.31. The van der Waals surface area contributed by atoms with Crippen LogP contribution < -0.4 is 4.74 Å². The molecule has 0 aliphatic rings. The summed E-state index contributed by atoms with van der Waals surface area (Å²) in [5.74, 6) is 0.617. The quantitative estimate of drug-likeness (QED) is 0.189. The summed E-state index contributed by atoms with van der Waals surface area (Å²) in [6.45, 7) is 4.46.